The maximum Gasteiger partial charge on any atom is 0.358 e. The maximum absolute atomic E-state index is 12.4. The first-order valence-corrected chi connectivity index (χ1v) is 10.2. The van der Waals surface area contributed by atoms with Gasteiger partial charge in [-0.25, -0.2) is 19.3 Å². The molecule has 0 aliphatic heterocycles. The van der Waals surface area contributed by atoms with Gasteiger partial charge >= 0.3 is 5.97 Å². The van der Waals surface area contributed by atoms with Crippen LogP contribution in [0, 0.1) is 0 Å². The SMILES string of the molecule is CCOC(=O)c1nc2cccnn2c1Cc1cccc2sc(SC)nc12. The van der Waals surface area contributed by atoms with E-state index < -0.39 is 5.97 Å². The number of thiazole rings is 1. The van der Waals surface area contributed by atoms with Crippen LogP contribution in [0.1, 0.15) is 28.7 Å². The minimum Gasteiger partial charge on any atom is -0.461 e. The molecule has 0 bridgehead atoms. The number of carbonyl (C=O) groups is 1. The highest BCUT2D eigenvalue weighted by molar-refractivity contribution is 8.00. The zero-order valence-electron chi connectivity index (χ0n) is 14.3. The molecule has 0 saturated heterocycles. The van der Waals surface area contributed by atoms with E-state index in [0.29, 0.717) is 30.1 Å². The average molecular weight is 384 g/mol. The van der Waals surface area contributed by atoms with Gasteiger partial charge in [0.05, 0.1) is 22.5 Å². The van der Waals surface area contributed by atoms with Crippen LogP contribution in [-0.2, 0) is 11.2 Å². The molecule has 4 rings (SSSR count). The molecular formula is C18H16N4O2S2. The topological polar surface area (TPSA) is 69.4 Å². The van der Waals surface area contributed by atoms with Crippen molar-refractivity contribution in [2.45, 2.75) is 17.7 Å². The lowest BCUT2D eigenvalue weighted by Crippen LogP contribution is -2.10. The van der Waals surface area contributed by atoms with Crippen molar-refractivity contribution in [1.29, 1.82) is 0 Å². The molecule has 0 aliphatic rings. The van der Waals surface area contributed by atoms with Gasteiger partial charge in [-0.1, -0.05) is 23.9 Å². The smallest absolute Gasteiger partial charge is 0.358 e. The first-order valence-electron chi connectivity index (χ1n) is 8.13. The van der Waals surface area contributed by atoms with E-state index in [-0.39, 0.29) is 0 Å². The van der Waals surface area contributed by atoms with Gasteiger partial charge in [0.1, 0.15) is 0 Å². The monoisotopic (exact) mass is 384 g/mol. The molecule has 8 heteroatoms. The number of aromatic nitrogens is 4. The number of carbonyl (C=O) groups excluding carboxylic acids is 1. The van der Waals surface area contributed by atoms with Crippen molar-refractivity contribution in [3.05, 3.63) is 53.5 Å². The molecule has 26 heavy (non-hydrogen) atoms. The van der Waals surface area contributed by atoms with Crippen molar-refractivity contribution in [2.75, 3.05) is 12.9 Å². The number of hydrogen-bond donors (Lipinski definition) is 0. The Bertz CT molecular complexity index is 1100. The number of nitrogens with zero attached hydrogens (tertiary/aromatic N) is 4. The number of rotatable bonds is 5. The van der Waals surface area contributed by atoms with Gasteiger partial charge in [0.2, 0.25) is 0 Å². The van der Waals surface area contributed by atoms with Crippen molar-refractivity contribution in [2.24, 2.45) is 0 Å². The van der Waals surface area contributed by atoms with Gasteiger partial charge in [0.15, 0.2) is 15.7 Å². The number of thioether (sulfide) groups is 1. The van der Waals surface area contributed by atoms with Crippen LogP contribution in [0.4, 0.5) is 0 Å². The molecule has 0 N–H and O–H groups in total. The Morgan fingerprint density at radius 1 is 1.27 bits per heavy atom. The van der Waals surface area contributed by atoms with Crippen LogP contribution in [0.15, 0.2) is 40.9 Å². The summed E-state index contributed by atoms with van der Waals surface area (Å²) in [6.45, 7) is 2.09. The van der Waals surface area contributed by atoms with E-state index in [1.54, 1.807) is 46.8 Å². The van der Waals surface area contributed by atoms with Gasteiger partial charge in [0.25, 0.3) is 0 Å². The molecule has 3 aromatic heterocycles. The standard InChI is InChI=1S/C18H16N4O2S2/c1-3-24-17(23)16-12(22-14(20-16)8-5-9-19-22)10-11-6-4-7-13-15(11)21-18(25-2)26-13/h4-9H,3,10H2,1-2H3. The number of para-hydroxylation sites is 1. The van der Waals surface area contributed by atoms with Crippen LogP contribution in [0.5, 0.6) is 0 Å². The number of hydrogen-bond acceptors (Lipinski definition) is 7. The quantitative estimate of drug-likeness (QED) is 0.385. The first-order chi connectivity index (χ1) is 12.7. The molecule has 0 unspecified atom stereocenters. The molecule has 0 fully saturated rings. The Labute approximate surface area is 158 Å². The van der Waals surface area contributed by atoms with Crippen LogP contribution in [0.3, 0.4) is 0 Å². The Hall–Kier alpha value is -2.45. The third kappa shape index (κ3) is 2.95. The summed E-state index contributed by atoms with van der Waals surface area (Å²) < 4.78 is 9.04. The van der Waals surface area contributed by atoms with Crippen molar-refractivity contribution in [3.63, 3.8) is 0 Å². The fraction of sp³-hybridized carbons (Fsp3) is 0.222. The van der Waals surface area contributed by atoms with Crippen molar-refractivity contribution in [3.8, 4) is 0 Å². The van der Waals surface area contributed by atoms with Gasteiger partial charge in [-0.3, -0.25) is 0 Å². The summed E-state index contributed by atoms with van der Waals surface area (Å²) in [5, 5.41) is 4.37. The zero-order valence-corrected chi connectivity index (χ0v) is 15.9. The maximum atomic E-state index is 12.4. The van der Waals surface area contributed by atoms with Crippen molar-refractivity contribution >= 4 is 44.9 Å². The molecule has 0 aliphatic carbocycles. The summed E-state index contributed by atoms with van der Waals surface area (Å²) in [4.78, 5) is 21.5. The molecule has 0 saturated carbocycles. The summed E-state index contributed by atoms with van der Waals surface area (Å²) in [5.41, 5.74) is 3.65. The summed E-state index contributed by atoms with van der Waals surface area (Å²) in [7, 11) is 0. The molecule has 0 amide bonds. The highest BCUT2D eigenvalue weighted by Crippen LogP contribution is 2.31. The highest BCUT2D eigenvalue weighted by Gasteiger charge is 2.22. The number of benzene rings is 1. The minimum atomic E-state index is -0.428. The van der Waals surface area contributed by atoms with Crippen LogP contribution in [0.2, 0.25) is 0 Å². The summed E-state index contributed by atoms with van der Waals surface area (Å²) in [5.74, 6) is -0.428. The molecule has 0 atom stereocenters. The van der Waals surface area contributed by atoms with Gasteiger partial charge in [-0.2, -0.15) is 5.10 Å². The van der Waals surface area contributed by atoms with E-state index in [2.05, 4.69) is 16.1 Å². The van der Waals surface area contributed by atoms with E-state index in [0.717, 1.165) is 20.1 Å². The predicted octanol–water partition coefficient (Wildman–Crippen LogP) is 3.83. The number of imidazole rings is 1. The van der Waals surface area contributed by atoms with Gasteiger partial charge < -0.3 is 4.74 Å². The molecule has 4 aromatic rings. The first kappa shape index (κ1) is 17.0. The van der Waals surface area contributed by atoms with Gasteiger partial charge in [0, 0.05) is 12.6 Å². The van der Waals surface area contributed by atoms with Gasteiger partial charge in [-0.15, -0.1) is 11.3 Å². The summed E-state index contributed by atoms with van der Waals surface area (Å²) in [6, 6.07) is 9.74. The molecule has 0 radical (unpaired) electrons. The number of fused-ring (bicyclic) bond motifs is 2. The molecule has 132 valence electrons. The highest BCUT2D eigenvalue weighted by atomic mass is 32.2. The number of esters is 1. The molecule has 1 aromatic carbocycles. The molecule has 0 spiro atoms. The van der Waals surface area contributed by atoms with E-state index in [1.807, 2.05) is 24.5 Å². The second-order valence-corrected chi connectivity index (χ2v) is 7.63. The normalized spacial score (nSPS) is 11.3. The lowest BCUT2D eigenvalue weighted by molar-refractivity contribution is 0.0519. The van der Waals surface area contributed by atoms with E-state index in [4.69, 9.17) is 9.72 Å². The van der Waals surface area contributed by atoms with E-state index in [9.17, 15) is 4.79 Å². The predicted molar refractivity (Wildman–Crippen MR) is 103 cm³/mol. The summed E-state index contributed by atoms with van der Waals surface area (Å²) in [6.07, 6.45) is 4.20. The van der Waals surface area contributed by atoms with Crippen LogP contribution in [-0.4, -0.2) is 38.4 Å². The van der Waals surface area contributed by atoms with Crippen molar-refractivity contribution < 1.29 is 9.53 Å². The molecular weight excluding hydrogens is 368 g/mol. The number of ether oxygens (including phenoxy) is 1. The fourth-order valence-corrected chi connectivity index (χ4v) is 4.38. The average Bonchev–Trinajstić information content (AvgIpc) is 3.24. The lowest BCUT2D eigenvalue weighted by atomic mass is 10.1. The zero-order chi connectivity index (χ0) is 18.1. The van der Waals surface area contributed by atoms with Crippen LogP contribution >= 0.6 is 23.1 Å². The Morgan fingerprint density at radius 2 is 2.15 bits per heavy atom. The van der Waals surface area contributed by atoms with Gasteiger partial charge in [-0.05, 0) is 36.9 Å². The second kappa shape index (κ2) is 7.05. The Kier molecular flexibility index (Phi) is 4.60. The Morgan fingerprint density at radius 3 is 2.96 bits per heavy atom. The molecule has 3 heterocycles. The third-order valence-corrected chi connectivity index (χ3v) is 5.98. The fourth-order valence-electron chi connectivity index (χ4n) is 2.85. The van der Waals surface area contributed by atoms with E-state index in [1.165, 1.54) is 0 Å². The largest absolute Gasteiger partial charge is 0.461 e. The minimum absolute atomic E-state index is 0.304. The summed E-state index contributed by atoms with van der Waals surface area (Å²) >= 11 is 3.30. The van der Waals surface area contributed by atoms with Crippen LogP contribution < -0.4 is 0 Å². The third-order valence-electron chi connectivity index (χ3n) is 3.97. The van der Waals surface area contributed by atoms with Crippen molar-refractivity contribution in [1.82, 2.24) is 19.6 Å². The van der Waals surface area contributed by atoms with Crippen LogP contribution in [0.25, 0.3) is 15.9 Å². The van der Waals surface area contributed by atoms with E-state index >= 15 is 0 Å². The second-order valence-electron chi connectivity index (χ2n) is 5.55. The lowest BCUT2D eigenvalue weighted by Gasteiger charge is -2.05. The molecule has 6 nitrogen and oxygen atoms in total. The Balaban J connectivity index is 1.85.